The number of methoxy groups -OCH3 is 1. The molecule has 1 rings (SSSR count). The second-order valence-electron chi connectivity index (χ2n) is 8.80. The number of rotatable bonds is 10. The van der Waals surface area contributed by atoms with Crippen LogP contribution in [0.25, 0.3) is 0 Å². The number of ether oxygens (including phenoxy) is 2. The molecule has 0 spiro atoms. The third-order valence-corrected chi connectivity index (χ3v) is 4.57. The standard InChI is InChI=1S/C23H34O6/c1-15(2)13-19(20(24)25)18(22(27)29-23(3,4)5)12-8-10-16-9-7-11-17(14-16)21(26)28-6/h7,9,11,14-15,18-19H,8,10,12-13H2,1-6H3,(H,24,25). The van der Waals surface area contributed by atoms with E-state index in [1.807, 2.05) is 19.9 Å². The highest BCUT2D eigenvalue weighted by molar-refractivity contribution is 5.89. The van der Waals surface area contributed by atoms with Crippen LogP contribution in [0.2, 0.25) is 0 Å². The van der Waals surface area contributed by atoms with E-state index in [-0.39, 0.29) is 5.92 Å². The van der Waals surface area contributed by atoms with Gasteiger partial charge in [0.2, 0.25) is 0 Å². The Morgan fingerprint density at radius 1 is 1.10 bits per heavy atom. The number of carboxylic acid groups (broad SMARTS) is 1. The lowest BCUT2D eigenvalue weighted by molar-refractivity contribution is -0.167. The van der Waals surface area contributed by atoms with E-state index in [4.69, 9.17) is 9.47 Å². The summed E-state index contributed by atoms with van der Waals surface area (Å²) in [5, 5.41) is 9.72. The number of esters is 2. The fourth-order valence-corrected chi connectivity index (χ4v) is 3.30. The maximum atomic E-state index is 12.8. The molecule has 0 aliphatic rings. The summed E-state index contributed by atoms with van der Waals surface area (Å²) < 4.78 is 10.3. The van der Waals surface area contributed by atoms with Gasteiger partial charge in [-0.3, -0.25) is 9.59 Å². The normalized spacial score (nSPS) is 13.6. The average Bonchev–Trinajstić information content (AvgIpc) is 2.61. The molecular weight excluding hydrogens is 372 g/mol. The van der Waals surface area contributed by atoms with Gasteiger partial charge < -0.3 is 14.6 Å². The molecule has 2 atom stereocenters. The van der Waals surface area contributed by atoms with Gasteiger partial charge in [-0.15, -0.1) is 0 Å². The number of hydrogen-bond donors (Lipinski definition) is 1. The lowest BCUT2D eigenvalue weighted by Gasteiger charge is -2.28. The molecule has 1 N–H and O–H groups in total. The molecule has 6 nitrogen and oxygen atoms in total. The molecule has 0 amide bonds. The van der Waals surface area contributed by atoms with Gasteiger partial charge in [0, 0.05) is 0 Å². The summed E-state index contributed by atoms with van der Waals surface area (Å²) in [7, 11) is 1.33. The Balaban J connectivity index is 2.93. The van der Waals surface area contributed by atoms with Gasteiger partial charge in [-0.25, -0.2) is 4.79 Å². The van der Waals surface area contributed by atoms with E-state index >= 15 is 0 Å². The minimum absolute atomic E-state index is 0.151. The Hall–Kier alpha value is -2.37. The van der Waals surface area contributed by atoms with Crippen molar-refractivity contribution in [1.29, 1.82) is 0 Å². The third-order valence-electron chi connectivity index (χ3n) is 4.57. The molecule has 162 valence electrons. The molecule has 0 heterocycles. The molecule has 0 aliphatic heterocycles. The first-order valence-corrected chi connectivity index (χ1v) is 10.1. The van der Waals surface area contributed by atoms with E-state index in [1.54, 1.807) is 39.0 Å². The second kappa shape index (κ2) is 11.0. The van der Waals surface area contributed by atoms with Crippen molar-refractivity contribution in [1.82, 2.24) is 0 Å². The molecule has 0 saturated carbocycles. The number of benzene rings is 1. The van der Waals surface area contributed by atoms with E-state index in [9.17, 15) is 19.5 Å². The van der Waals surface area contributed by atoms with Crippen molar-refractivity contribution >= 4 is 17.9 Å². The average molecular weight is 407 g/mol. The van der Waals surface area contributed by atoms with Crippen LogP contribution in [0, 0.1) is 17.8 Å². The van der Waals surface area contributed by atoms with Gasteiger partial charge >= 0.3 is 17.9 Å². The van der Waals surface area contributed by atoms with Gasteiger partial charge in [0.05, 0.1) is 24.5 Å². The van der Waals surface area contributed by atoms with Crippen molar-refractivity contribution in [2.24, 2.45) is 17.8 Å². The van der Waals surface area contributed by atoms with Crippen molar-refractivity contribution < 1.29 is 29.0 Å². The van der Waals surface area contributed by atoms with Crippen LogP contribution < -0.4 is 0 Å². The zero-order chi connectivity index (χ0) is 22.2. The van der Waals surface area contributed by atoms with Crippen LogP contribution >= 0.6 is 0 Å². The van der Waals surface area contributed by atoms with Gasteiger partial charge in [0.15, 0.2) is 0 Å². The second-order valence-corrected chi connectivity index (χ2v) is 8.80. The molecule has 0 fully saturated rings. The zero-order valence-electron chi connectivity index (χ0n) is 18.4. The van der Waals surface area contributed by atoms with Crippen LogP contribution in [0.15, 0.2) is 24.3 Å². The highest BCUT2D eigenvalue weighted by Gasteiger charge is 2.36. The Morgan fingerprint density at radius 2 is 1.76 bits per heavy atom. The maximum Gasteiger partial charge on any atom is 0.337 e. The number of hydrogen-bond acceptors (Lipinski definition) is 5. The Labute approximate surface area is 173 Å². The van der Waals surface area contributed by atoms with Crippen LogP contribution in [0.1, 0.15) is 69.8 Å². The highest BCUT2D eigenvalue weighted by Crippen LogP contribution is 2.29. The van der Waals surface area contributed by atoms with E-state index < -0.39 is 35.3 Å². The van der Waals surface area contributed by atoms with Gasteiger partial charge in [-0.2, -0.15) is 0 Å². The number of aryl methyl sites for hydroxylation is 1. The minimum atomic E-state index is -0.970. The summed E-state index contributed by atoms with van der Waals surface area (Å²) in [4.78, 5) is 36.3. The summed E-state index contributed by atoms with van der Waals surface area (Å²) in [6.45, 7) is 9.22. The Bertz CT molecular complexity index is 702. The topological polar surface area (TPSA) is 89.9 Å². The maximum absolute atomic E-state index is 12.8. The highest BCUT2D eigenvalue weighted by atomic mass is 16.6. The molecule has 0 aromatic heterocycles. The molecule has 6 heteroatoms. The minimum Gasteiger partial charge on any atom is -0.481 e. The summed E-state index contributed by atoms with van der Waals surface area (Å²) >= 11 is 0. The predicted octanol–water partition coefficient (Wildman–Crippen LogP) is 4.50. The third kappa shape index (κ3) is 8.67. The quantitative estimate of drug-likeness (QED) is 0.575. The molecule has 0 radical (unpaired) electrons. The fraction of sp³-hybridized carbons (Fsp3) is 0.609. The fourth-order valence-electron chi connectivity index (χ4n) is 3.30. The molecule has 2 unspecified atom stereocenters. The van der Waals surface area contributed by atoms with E-state index in [0.717, 1.165) is 5.56 Å². The van der Waals surface area contributed by atoms with Crippen molar-refractivity contribution in [2.45, 2.75) is 65.9 Å². The number of aliphatic carboxylic acids is 1. The SMILES string of the molecule is COC(=O)c1cccc(CCCC(C(=O)OC(C)(C)C)C(CC(C)C)C(=O)O)c1. The first-order valence-electron chi connectivity index (χ1n) is 10.1. The van der Waals surface area contributed by atoms with Crippen LogP contribution in [0.4, 0.5) is 0 Å². The first-order chi connectivity index (χ1) is 13.4. The smallest absolute Gasteiger partial charge is 0.337 e. The van der Waals surface area contributed by atoms with Crippen molar-refractivity contribution in [2.75, 3.05) is 7.11 Å². The molecule has 0 aliphatic carbocycles. The molecule has 1 aromatic rings. The number of carbonyl (C=O) groups is 3. The van der Waals surface area contributed by atoms with E-state index in [0.29, 0.717) is 31.2 Å². The van der Waals surface area contributed by atoms with Crippen molar-refractivity contribution in [3.63, 3.8) is 0 Å². The van der Waals surface area contributed by atoms with Gasteiger partial charge in [0.1, 0.15) is 5.60 Å². The summed E-state index contributed by atoms with van der Waals surface area (Å²) in [6.07, 6.45) is 2.05. The van der Waals surface area contributed by atoms with E-state index in [2.05, 4.69) is 0 Å². The molecule has 29 heavy (non-hydrogen) atoms. The Kier molecular flexibility index (Phi) is 9.34. The summed E-state index contributed by atoms with van der Waals surface area (Å²) in [5.41, 5.74) is 0.730. The molecule has 0 bridgehead atoms. The van der Waals surface area contributed by atoms with Crippen LogP contribution in [0.3, 0.4) is 0 Å². The monoisotopic (exact) mass is 406 g/mol. The lowest BCUT2D eigenvalue weighted by Crippen LogP contribution is -2.36. The van der Waals surface area contributed by atoms with Gasteiger partial charge in [0.25, 0.3) is 0 Å². The van der Waals surface area contributed by atoms with E-state index in [1.165, 1.54) is 7.11 Å². The summed E-state index contributed by atoms with van der Waals surface area (Å²) in [6, 6.07) is 7.13. The molecule has 0 saturated heterocycles. The predicted molar refractivity (Wildman–Crippen MR) is 111 cm³/mol. The summed E-state index contributed by atoms with van der Waals surface area (Å²) in [5.74, 6) is -3.18. The Morgan fingerprint density at radius 3 is 2.28 bits per heavy atom. The lowest BCUT2D eigenvalue weighted by atomic mass is 9.82. The molecular formula is C23H34O6. The molecule has 1 aromatic carbocycles. The largest absolute Gasteiger partial charge is 0.481 e. The van der Waals surface area contributed by atoms with Crippen LogP contribution in [0.5, 0.6) is 0 Å². The van der Waals surface area contributed by atoms with Gasteiger partial charge in [-0.1, -0.05) is 26.0 Å². The zero-order valence-corrected chi connectivity index (χ0v) is 18.4. The van der Waals surface area contributed by atoms with Crippen LogP contribution in [-0.4, -0.2) is 35.7 Å². The van der Waals surface area contributed by atoms with Crippen molar-refractivity contribution in [3.05, 3.63) is 35.4 Å². The van der Waals surface area contributed by atoms with Gasteiger partial charge in [-0.05, 0) is 70.1 Å². The first kappa shape index (κ1) is 24.7. The number of carbonyl (C=O) groups excluding carboxylic acids is 2. The van der Waals surface area contributed by atoms with Crippen molar-refractivity contribution in [3.8, 4) is 0 Å². The van der Waals surface area contributed by atoms with Crippen LogP contribution in [-0.2, 0) is 25.5 Å². The number of carboxylic acids is 1.